The number of hydrogen-bond acceptors (Lipinski definition) is 3. The molecule has 0 atom stereocenters. The van der Waals surface area contributed by atoms with E-state index in [1.807, 2.05) is 0 Å². The van der Waals surface area contributed by atoms with E-state index < -0.39 is 10.4 Å². The Kier molecular flexibility index (Phi) is 3.90. The quantitative estimate of drug-likeness (QED) is 0.351. The van der Waals surface area contributed by atoms with Crippen LogP contribution in [0.2, 0.25) is 0 Å². The van der Waals surface area contributed by atoms with Crippen molar-refractivity contribution in [3.63, 3.8) is 0 Å². The molecule has 0 unspecified atom stereocenters. The maximum atomic E-state index is 8.74. The standard InChI is InChI=1S/C12H20N2.H2O4S/c13-11(14)7-12-4-8-1-9(5-12)3-10(2-8)6-12;1-5(2,3)4/h8-10H,1-7H2,(H3,13,14);(H2,1,2,3,4). The van der Waals surface area contributed by atoms with Crippen LogP contribution in [0.4, 0.5) is 0 Å². The molecule has 0 amide bonds. The van der Waals surface area contributed by atoms with Crippen molar-refractivity contribution >= 4 is 16.2 Å². The van der Waals surface area contributed by atoms with Gasteiger partial charge in [-0.3, -0.25) is 14.5 Å². The van der Waals surface area contributed by atoms with Crippen LogP contribution in [0.15, 0.2) is 0 Å². The third-order valence-corrected chi connectivity index (χ3v) is 4.73. The van der Waals surface area contributed by atoms with Crippen LogP contribution < -0.4 is 5.73 Å². The lowest BCUT2D eigenvalue weighted by Crippen LogP contribution is -2.47. The van der Waals surface area contributed by atoms with E-state index in [-0.39, 0.29) is 0 Å². The van der Waals surface area contributed by atoms with E-state index in [9.17, 15) is 0 Å². The molecule has 0 aromatic rings. The van der Waals surface area contributed by atoms with Crippen LogP contribution >= 0.6 is 0 Å². The van der Waals surface area contributed by atoms with Gasteiger partial charge in [0.25, 0.3) is 0 Å². The summed E-state index contributed by atoms with van der Waals surface area (Å²) in [6, 6.07) is 0. The van der Waals surface area contributed by atoms with Gasteiger partial charge in [0.15, 0.2) is 0 Å². The summed E-state index contributed by atoms with van der Waals surface area (Å²) in [5.41, 5.74) is 6.07. The van der Waals surface area contributed by atoms with Crippen LogP contribution in [0.5, 0.6) is 0 Å². The number of nitrogens with one attached hydrogen (secondary N) is 1. The van der Waals surface area contributed by atoms with Crippen molar-refractivity contribution in [2.75, 3.05) is 0 Å². The van der Waals surface area contributed by atoms with Crippen molar-refractivity contribution in [2.24, 2.45) is 28.9 Å². The normalized spacial score (nSPS) is 39.6. The Morgan fingerprint density at radius 1 is 1.11 bits per heavy atom. The fraction of sp³-hybridized carbons (Fsp3) is 0.917. The molecule has 0 spiro atoms. The molecule has 4 saturated carbocycles. The van der Waals surface area contributed by atoms with E-state index in [2.05, 4.69) is 0 Å². The van der Waals surface area contributed by atoms with Gasteiger partial charge in [-0.05, 0) is 61.7 Å². The average Bonchev–Trinajstić information content (AvgIpc) is 2.08. The van der Waals surface area contributed by atoms with Crippen LogP contribution in [0.1, 0.15) is 44.9 Å². The molecule has 0 saturated heterocycles. The Hall–Kier alpha value is -0.660. The van der Waals surface area contributed by atoms with Crippen LogP contribution in [0.25, 0.3) is 0 Å². The van der Waals surface area contributed by atoms with Crippen LogP contribution in [-0.2, 0) is 10.4 Å². The summed E-state index contributed by atoms with van der Waals surface area (Å²) in [6.45, 7) is 0. The Balaban J connectivity index is 0.000000232. The monoisotopic (exact) mass is 290 g/mol. The van der Waals surface area contributed by atoms with Crippen molar-refractivity contribution in [3.8, 4) is 0 Å². The number of rotatable bonds is 2. The van der Waals surface area contributed by atoms with E-state index >= 15 is 0 Å². The third-order valence-electron chi connectivity index (χ3n) is 4.73. The molecular formula is C12H22N2O4S. The predicted octanol–water partition coefficient (Wildman–Crippen LogP) is 1.88. The summed E-state index contributed by atoms with van der Waals surface area (Å²) in [5, 5.41) is 7.51. The van der Waals surface area contributed by atoms with Crippen molar-refractivity contribution in [1.29, 1.82) is 5.41 Å². The highest BCUT2D eigenvalue weighted by Crippen LogP contribution is 2.61. The fourth-order valence-corrected chi connectivity index (χ4v) is 4.91. The van der Waals surface area contributed by atoms with Gasteiger partial charge in [-0.1, -0.05) is 0 Å². The summed E-state index contributed by atoms with van der Waals surface area (Å²) in [4.78, 5) is 0. The lowest BCUT2D eigenvalue weighted by atomic mass is 9.49. The third kappa shape index (κ3) is 4.15. The zero-order valence-electron chi connectivity index (χ0n) is 10.9. The Morgan fingerprint density at radius 3 is 1.68 bits per heavy atom. The van der Waals surface area contributed by atoms with Crippen LogP contribution in [0, 0.1) is 28.6 Å². The molecule has 4 rings (SSSR count). The fourth-order valence-electron chi connectivity index (χ4n) is 4.91. The second kappa shape index (κ2) is 5.03. The van der Waals surface area contributed by atoms with Gasteiger partial charge in [0.1, 0.15) is 0 Å². The minimum Gasteiger partial charge on any atom is -0.388 e. The lowest BCUT2D eigenvalue weighted by molar-refractivity contribution is -0.0483. The van der Waals surface area contributed by atoms with Crippen molar-refractivity contribution in [2.45, 2.75) is 44.9 Å². The maximum absolute atomic E-state index is 8.74. The Labute approximate surface area is 113 Å². The summed E-state index contributed by atoms with van der Waals surface area (Å²) in [6.07, 6.45) is 9.46. The molecular weight excluding hydrogens is 268 g/mol. The molecule has 4 fully saturated rings. The number of nitrogens with two attached hydrogens (primary N) is 1. The van der Waals surface area contributed by atoms with Gasteiger partial charge in [-0.2, -0.15) is 8.42 Å². The van der Waals surface area contributed by atoms with Gasteiger partial charge >= 0.3 is 10.4 Å². The van der Waals surface area contributed by atoms with Gasteiger partial charge in [0.2, 0.25) is 0 Å². The second-order valence-electron chi connectivity index (χ2n) is 6.57. The summed E-state index contributed by atoms with van der Waals surface area (Å²) in [7, 11) is -4.67. The molecule has 110 valence electrons. The first-order chi connectivity index (χ1) is 8.65. The first-order valence-electron chi connectivity index (χ1n) is 6.68. The molecule has 0 aromatic heterocycles. The molecule has 0 aliphatic heterocycles. The van der Waals surface area contributed by atoms with E-state index in [0.717, 1.165) is 24.2 Å². The second-order valence-corrected chi connectivity index (χ2v) is 7.46. The lowest BCUT2D eigenvalue weighted by Gasteiger charge is -2.56. The molecule has 4 bridgehead atoms. The summed E-state index contributed by atoms with van der Waals surface area (Å²) < 4.78 is 31.6. The van der Waals surface area contributed by atoms with Crippen molar-refractivity contribution in [1.82, 2.24) is 0 Å². The highest BCUT2D eigenvalue weighted by molar-refractivity contribution is 7.79. The predicted molar refractivity (Wildman–Crippen MR) is 71.3 cm³/mol. The largest absolute Gasteiger partial charge is 0.394 e. The summed E-state index contributed by atoms with van der Waals surface area (Å²) >= 11 is 0. The molecule has 6 nitrogen and oxygen atoms in total. The van der Waals surface area contributed by atoms with Crippen LogP contribution in [-0.4, -0.2) is 23.4 Å². The van der Waals surface area contributed by atoms with E-state index in [0.29, 0.717) is 11.3 Å². The minimum atomic E-state index is -4.67. The molecule has 5 N–H and O–H groups in total. The molecule has 7 heteroatoms. The smallest absolute Gasteiger partial charge is 0.388 e. The van der Waals surface area contributed by atoms with Gasteiger partial charge < -0.3 is 5.73 Å². The van der Waals surface area contributed by atoms with Gasteiger partial charge in [-0.15, -0.1) is 0 Å². The zero-order chi connectivity index (χ0) is 14.3. The highest BCUT2D eigenvalue weighted by atomic mass is 32.3. The van der Waals surface area contributed by atoms with Crippen LogP contribution in [0.3, 0.4) is 0 Å². The molecule has 4 aliphatic carbocycles. The highest BCUT2D eigenvalue weighted by Gasteiger charge is 2.50. The Morgan fingerprint density at radius 2 is 1.42 bits per heavy atom. The Bertz CT molecular complexity index is 417. The van der Waals surface area contributed by atoms with Gasteiger partial charge in [-0.25, -0.2) is 0 Å². The zero-order valence-corrected chi connectivity index (χ0v) is 11.7. The first-order valence-corrected chi connectivity index (χ1v) is 8.08. The van der Waals surface area contributed by atoms with E-state index in [1.54, 1.807) is 0 Å². The van der Waals surface area contributed by atoms with Crippen molar-refractivity contribution in [3.05, 3.63) is 0 Å². The summed E-state index contributed by atoms with van der Waals surface area (Å²) in [5.74, 6) is 3.38. The van der Waals surface area contributed by atoms with E-state index in [1.165, 1.54) is 38.5 Å². The molecule has 0 aromatic carbocycles. The minimum absolute atomic E-state index is 0.423. The SMILES string of the molecule is N=C(N)CC12CC3CC(CC(C3)C1)C2.O=S(=O)(O)O. The maximum Gasteiger partial charge on any atom is 0.394 e. The van der Waals surface area contributed by atoms with Gasteiger partial charge in [0.05, 0.1) is 5.84 Å². The van der Waals surface area contributed by atoms with E-state index in [4.69, 9.17) is 28.7 Å². The topological polar surface area (TPSA) is 124 Å². The molecule has 0 radical (unpaired) electrons. The van der Waals surface area contributed by atoms with Crippen molar-refractivity contribution < 1.29 is 17.5 Å². The average molecular weight is 290 g/mol. The first kappa shape index (κ1) is 14.7. The molecule has 0 heterocycles. The molecule has 4 aliphatic rings. The van der Waals surface area contributed by atoms with Gasteiger partial charge in [0, 0.05) is 6.42 Å². The number of amidine groups is 1. The molecule has 19 heavy (non-hydrogen) atoms. The number of hydrogen-bond donors (Lipinski definition) is 4.